The fourth-order valence-corrected chi connectivity index (χ4v) is 4.68. The van der Waals surface area contributed by atoms with Crippen molar-refractivity contribution in [3.8, 4) is 0 Å². The standard InChI is InChI=1S/C21H31N5.2ClH.Mn/c1-3-10-20-18(8-1)22-12-13-23-19-9-2-4-11-21(19)25-15-17-7-5-6-16(26-17)14-24-20;;;/h5-7,14-15,18-23H,1-4,8-13H2;2*1H;/q;;;+2. The van der Waals surface area contributed by atoms with E-state index in [4.69, 9.17) is 25.2 Å². The van der Waals surface area contributed by atoms with Crippen molar-refractivity contribution in [2.45, 2.75) is 75.5 Å². The Hall–Kier alpha value is -0.491. The van der Waals surface area contributed by atoms with Crippen LogP contribution in [0.1, 0.15) is 62.8 Å². The number of nitrogens with zero attached hydrogens (tertiary/aromatic N) is 1. The molecule has 3 aliphatic rings. The number of hydrogen-bond acceptors (Lipinski definition) is 3. The third kappa shape index (κ3) is 7.61. The molecular formula is C21H33Cl2MnN5+2. The molecule has 5 nitrogen and oxygen atoms in total. The predicted octanol–water partition coefficient (Wildman–Crippen LogP) is 0.272. The van der Waals surface area contributed by atoms with Gasteiger partial charge in [0.1, 0.15) is 11.4 Å². The second kappa shape index (κ2) is 13.0. The van der Waals surface area contributed by atoms with Crippen LogP contribution in [0.3, 0.4) is 0 Å². The maximum atomic E-state index is 4.80. The van der Waals surface area contributed by atoms with E-state index in [1.165, 1.54) is 51.4 Å². The summed E-state index contributed by atoms with van der Waals surface area (Å²) < 4.78 is 0. The molecule has 0 saturated heterocycles. The van der Waals surface area contributed by atoms with Gasteiger partial charge in [0.25, 0.3) is 0 Å². The molecule has 2 bridgehead atoms. The molecule has 4 N–H and O–H groups in total. The van der Waals surface area contributed by atoms with Gasteiger partial charge < -0.3 is 10.6 Å². The number of aromatic nitrogens is 1. The second-order valence-corrected chi connectivity index (χ2v) is 10.0. The number of nitrogens with one attached hydrogen (secondary N) is 4. The normalized spacial score (nSPS) is 30.0. The Bertz CT molecular complexity index is 621. The number of rotatable bonds is 0. The SMILES string of the molecule is C1=[NH+]C2CCCCC2NCCNC2CCCCC2[NH+]=Cc2cccc1n2.[Cl][Mn][Cl]. The van der Waals surface area contributed by atoms with E-state index in [1.54, 1.807) is 0 Å². The quantitative estimate of drug-likeness (QED) is 0.403. The molecule has 1 aromatic heterocycles. The molecule has 1 aliphatic heterocycles. The summed E-state index contributed by atoms with van der Waals surface area (Å²) in [5, 5.41) is 7.60. The molecule has 2 aliphatic carbocycles. The van der Waals surface area contributed by atoms with Crippen LogP contribution < -0.4 is 20.6 Å². The van der Waals surface area contributed by atoms with Crippen molar-refractivity contribution < 1.29 is 23.1 Å². The maximum absolute atomic E-state index is 4.80. The molecule has 2 fully saturated rings. The molecule has 1 aromatic rings. The Morgan fingerprint density at radius 3 is 1.72 bits per heavy atom. The summed E-state index contributed by atoms with van der Waals surface area (Å²) in [6.07, 6.45) is 14.5. The van der Waals surface area contributed by atoms with E-state index in [-0.39, 0.29) is 13.1 Å². The molecule has 0 radical (unpaired) electrons. The molecule has 0 spiro atoms. The van der Waals surface area contributed by atoms with Crippen molar-refractivity contribution in [1.29, 1.82) is 0 Å². The minimum atomic E-state index is 0.00694. The number of pyridine rings is 1. The molecule has 4 rings (SSSR count). The van der Waals surface area contributed by atoms with Crippen molar-refractivity contribution in [1.82, 2.24) is 15.6 Å². The van der Waals surface area contributed by atoms with Gasteiger partial charge in [-0.1, -0.05) is 18.9 Å². The van der Waals surface area contributed by atoms with E-state index < -0.39 is 0 Å². The third-order valence-corrected chi connectivity index (χ3v) is 6.15. The van der Waals surface area contributed by atoms with Crippen molar-refractivity contribution in [3.63, 3.8) is 0 Å². The molecule has 4 atom stereocenters. The van der Waals surface area contributed by atoms with E-state index in [2.05, 4.69) is 51.2 Å². The fourth-order valence-electron chi connectivity index (χ4n) is 4.68. The van der Waals surface area contributed by atoms with Crippen LogP contribution in [-0.2, 0) is 13.1 Å². The zero-order valence-corrected chi connectivity index (χ0v) is 19.5. The molecule has 2 saturated carbocycles. The summed E-state index contributed by atoms with van der Waals surface area (Å²) in [5.74, 6) is 0. The summed E-state index contributed by atoms with van der Waals surface area (Å²) in [4.78, 5) is 12.1. The van der Waals surface area contributed by atoms with Crippen molar-refractivity contribution in [3.05, 3.63) is 29.6 Å². The first-order valence-corrected chi connectivity index (χ1v) is 14.0. The van der Waals surface area contributed by atoms with Gasteiger partial charge in [0.15, 0.2) is 24.5 Å². The third-order valence-electron chi connectivity index (χ3n) is 6.15. The number of fused-ring (bicyclic) bond motifs is 4. The summed E-state index contributed by atoms with van der Waals surface area (Å²) in [5.41, 5.74) is 2.02. The van der Waals surface area contributed by atoms with Crippen molar-refractivity contribution in [2.75, 3.05) is 13.1 Å². The molecule has 29 heavy (non-hydrogen) atoms. The van der Waals surface area contributed by atoms with Gasteiger partial charge in [-0.05, 0) is 37.8 Å². The molecule has 161 valence electrons. The second-order valence-electron chi connectivity index (χ2n) is 8.07. The van der Waals surface area contributed by atoms with Gasteiger partial charge in [-0.3, -0.25) is 0 Å². The van der Waals surface area contributed by atoms with Gasteiger partial charge in [-0.15, -0.1) is 0 Å². The summed E-state index contributed by atoms with van der Waals surface area (Å²) in [6.45, 7) is 2.09. The molecule has 2 heterocycles. The van der Waals surface area contributed by atoms with Gasteiger partial charge in [0, 0.05) is 25.9 Å². The Morgan fingerprint density at radius 1 is 0.793 bits per heavy atom. The Labute approximate surface area is 189 Å². The van der Waals surface area contributed by atoms with Crippen LogP contribution in [0.5, 0.6) is 0 Å². The summed E-state index contributed by atoms with van der Waals surface area (Å²) >= 11 is 0.00694. The van der Waals surface area contributed by atoms with Gasteiger partial charge in [0.05, 0.1) is 12.1 Å². The van der Waals surface area contributed by atoms with E-state index in [0.717, 1.165) is 24.5 Å². The number of halogens is 2. The van der Waals surface area contributed by atoms with E-state index in [0.29, 0.717) is 24.2 Å². The molecule has 0 amide bonds. The van der Waals surface area contributed by atoms with Crippen molar-refractivity contribution in [2.24, 2.45) is 0 Å². The number of hydrogen-bond donors (Lipinski definition) is 4. The Morgan fingerprint density at radius 2 is 1.24 bits per heavy atom. The van der Waals surface area contributed by atoms with E-state index in [9.17, 15) is 0 Å². The van der Waals surface area contributed by atoms with Gasteiger partial charge in [0.2, 0.25) is 0 Å². The summed E-state index contributed by atoms with van der Waals surface area (Å²) in [6, 6.07) is 8.38. The van der Waals surface area contributed by atoms with Crippen LogP contribution in [-0.4, -0.2) is 54.7 Å². The van der Waals surface area contributed by atoms with Gasteiger partial charge in [-0.25, -0.2) is 15.0 Å². The van der Waals surface area contributed by atoms with Crippen LogP contribution in [0, 0.1) is 0 Å². The van der Waals surface area contributed by atoms with Crippen LogP contribution in [0.15, 0.2) is 18.2 Å². The summed E-state index contributed by atoms with van der Waals surface area (Å²) in [7, 11) is 9.59. The zero-order chi connectivity index (χ0) is 20.3. The average molecular weight is 481 g/mol. The van der Waals surface area contributed by atoms with Crippen LogP contribution in [0.4, 0.5) is 0 Å². The van der Waals surface area contributed by atoms with Gasteiger partial charge >= 0.3 is 33.3 Å². The van der Waals surface area contributed by atoms with Crippen LogP contribution in [0.25, 0.3) is 0 Å². The molecule has 0 aromatic carbocycles. The topological polar surface area (TPSA) is 64.9 Å². The molecule has 8 heteroatoms. The fraction of sp³-hybridized carbons (Fsp3) is 0.667. The van der Waals surface area contributed by atoms with E-state index >= 15 is 0 Å². The first-order valence-electron chi connectivity index (χ1n) is 10.8. The van der Waals surface area contributed by atoms with E-state index in [1.807, 2.05) is 0 Å². The van der Waals surface area contributed by atoms with Crippen LogP contribution in [0.2, 0.25) is 0 Å². The first kappa shape index (κ1) is 23.2. The predicted molar refractivity (Wildman–Crippen MR) is 116 cm³/mol. The minimum absolute atomic E-state index is 0.00694. The van der Waals surface area contributed by atoms with Crippen LogP contribution >= 0.6 is 20.2 Å². The van der Waals surface area contributed by atoms with Crippen molar-refractivity contribution >= 4 is 32.6 Å². The molecular weight excluding hydrogens is 448 g/mol. The Balaban J connectivity index is 0.000000755. The molecule has 4 unspecified atom stereocenters. The van der Waals surface area contributed by atoms with Gasteiger partial charge in [-0.2, -0.15) is 0 Å². The Kier molecular flexibility index (Phi) is 10.4. The zero-order valence-electron chi connectivity index (χ0n) is 16.8. The first-order chi connectivity index (χ1) is 14.3. The monoisotopic (exact) mass is 480 g/mol. The average Bonchev–Trinajstić information content (AvgIpc) is 2.76.